The zero-order valence-corrected chi connectivity index (χ0v) is 15.4. The van der Waals surface area contributed by atoms with E-state index < -0.39 is 15.9 Å². The highest BCUT2D eigenvalue weighted by atomic mass is 32.2. The average molecular weight is 377 g/mol. The molecule has 1 aromatic rings. The molecule has 0 bridgehead atoms. The van der Waals surface area contributed by atoms with Crippen molar-refractivity contribution in [1.29, 1.82) is 0 Å². The number of carbonyl (C=O) groups excluding carboxylic acids is 1. The van der Waals surface area contributed by atoms with E-state index in [2.05, 4.69) is 15.4 Å². The van der Waals surface area contributed by atoms with Crippen molar-refractivity contribution in [2.45, 2.75) is 30.1 Å². The van der Waals surface area contributed by atoms with Crippen molar-refractivity contribution >= 4 is 22.0 Å². The summed E-state index contributed by atoms with van der Waals surface area (Å²) in [6.07, 6.45) is 0.974. The highest BCUT2D eigenvalue weighted by molar-refractivity contribution is 7.89. The fourth-order valence-corrected chi connectivity index (χ4v) is 3.25. The lowest BCUT2D eigenvalue weighted by atomic mass is 9.79. The van der Waals surface area contributed by atoms with E-state index in [1.54, 1.807) is 0 Å². The number of rotatable bonds is 7. The molecule has 1 fully saturated rings. The lowest BCUT2D eigenvalue weighted by molar-refractivity contribution is -0.111. The normalized spacial score (nSPS) is 16.4. The molecule has 0 aromatic heterocycles. The molecular weight excluding hydrogens is 352 g/mol. The largest absolute Gasteiger partial charge is 0.384 e. The minimum absolute atomic E-state index is 0.00119. The third kappa shape index (κ3) is 6.33. The number of nitrogens with one attached hydrogen (secondary N) is 3. The predicted molar refractivity (Wildman–Crippen MR) is 93.8 cm³/mol. The summed E-state index contributed by atoms with van der Waals surface area (Å²) in [5.41, 5.74) is 0.714. The number of hydrogen-bond acceptors (Lipinski definition) is 5. The van der Waals surface area contributed by atoms with Crippen molar-refractivity contribution in [2.24, 2.45) is 5.92 Å². The predicted octanol–water partition coefficient (Wildman–Crippen LogP) is 2.09. The average Bonchev–Trinajstić information content (AvgIpc) is 2.53. The number of halogens is 2. The molecule has 0 atom stereocenters. The molecule has 3 N–H and O–H groups in total. The highest BCUT2D eigenvalue weighted by Crippen LogP contribution is 2.43. The van der Waals surface area contributed by atoms with Crippen molar-refractivity contribution < 1.29 is 22.0 Å². The lowest BCUT2D eigenvalue weighted by Crippen LogP contribution is -2.36. The maximum Gasteiger partial charge on any atom is 0.248 e. The summed E-state index contributed by atoms with van der Waals surface area (Å²) in [6.45, 7) is 0.458. The van der Waals surface area contributed by atoms with Crippen molar-refractivity contribution in [3.8, 4) is 0 Å². The summed E-state index contributed by atoms with van der Waals surface area (Å²) in [7, 11) is 1.43. The monoisotopic (exact) mass is 377 g/mol. The van der Waals surface area contributed by atoms with E-state index >= 15 is 0 Å². The Morgan fingerprint density at radius 1 is 1.24 bits per heavy atom. The number of alkyl halides is 2. The fraction of sp³-hybridized carbons (Fsp3) is 0.562. The van der Waals surface area contributed by atoms with E-state index in [9.17, 15) is 22.0 Å². The molecule has 9 heteroatoms. The van der Waals surface area contributed by atoms with E-state index in [0.29, 0.717) is 24.9 Å². The molecule has 1 aromatic carbocycles. The third-order valence-electron chi connectivity index (χ3n) is 3.77. The van der Waals surface area contributed by atoms with Gasteiger partial charge >= 0.3 is 0 Å². The summed E-state index contributed by atoms with van der Waals surface area (Å²) in [5.74, 6) is -2.53. The van der Waals surface area contributed by atoms with Crippen LogP contribution in [0.3, 0.4) is 0 Å². The van der Waals surface area contributed by atoms with Gasteiger partial charge in [0, 0.05) is 30.6 Å². The maximum absolute atomic E-state index is 12.7. The third-order valence-corrected chi connectivity index (χ3v) is 5.18. The molecule has 0 amide bonds. The topological polar surface area (TPSA) is 87.3 Å². The maximum atomic E-state index is 12.7. The molecule has 0 radical (unpaired) electrons. The van der Waals surface area contributed by atoms with Crippen molar-refractivity contribution in [3.05, 3.63) is 23.8 Å². The van der Waals surface area contributed by atoms with E-state index in [1.165, 1.54) is 25.2 Å². The Kier molecular flexibility index (Phi) is 7.91. The highest BCUT2D eigenvalue weighted by Gasteiger charge is 2.44. The standard InChI is InChI=1S/C14H18F2N2O3S.C2H7N/c1-17-22(20,21)12-2-3-13(11(6-12)9-19)18-5-4-10-7-14(15,16)8-10;1-3-2/h2-3,6,9-10,17-18H,4-5,7-8H2,1H3;3H,1-2H3. The molecule has 6 nitrogen and oxygen atoms in total. The number of benzene rings is 1. The van der Waals surface area contributed by atoms with Crippen LogP contribution in [0, 0.1) is 5.92 Å². The molecule has 1 aliphatic carbocycles. The number of aldehydes is 1. The van der Waals surface area contributed by atoms with E-state index in [0.717, 1.165) is 0 Å². The van der Waals surface area contributed by atoms with Crippen LogP contribution in [0.4, 0.5) is 14.5 Å². The Bertz CT molecular complexity index is 673. The van der Waals surface area contributed by atoms with Gasteiger partial charge in [-0.05, 0) is 51.7 Å². The van der Waals surface area contributed by atoms with E-state index in [-0.39, 0.29) is 29.2 Å². The Hall–Kier alpha value is -1.58. The Balaban J connectivity index is 0.000000970. The van der Waals surface area contributed by atoms with Gasteiger partial charge in [0.2, 0.25) is 15.9 Å². The second kappa shape index (κ2) is 9.21. The number of sulfonamides is 1. The van der Waals surface area contributed by atoms with Crippen molar-refractivity contribution in [2.75, 3.05) is 33.0 Å². The van der Waals surface area contributed by atoms with Gasteiger partial charge in [-0.25, -0.2) is 21.9 Å². The van der Waals surface area contributed by atoms with Gasteiger partial charge in [0.15, 0.2) is 6.29 Å². The van der Waals surface area contributed by atoms with Gasteiger partial charge < -0.3 is 10.6 Å². The fourth-order valence-electron chi connectivity index (χ4n) is 2.48. The SMILES string of the molecule is CNC.CNS(=O)(=O)c1ccc(NCCC2CC(F)(F)C2)c(C=O)c1. The summed E-state index contributed by atoms with van der Waals surface area (Å²) in [4.78, 5) is 11.1. The van der Waals surface area contributed by atoms with Crippen LogP contribution in [0.2, 0.25) is 0 Å². The summed E-state index contributed by atoms with van der Waals surface area (Å²) >= 11 is 0. The van der Waals surface area contributed by atoms with Crippen LogP contribution in [-0.2, 0) is 10.0 Å². The molecule has 0 spiro atoms. The Morgan fingerprint density at radius 3 is 2.32 bits per heavy atom. The summed E-state index contributed by atoms with van der Waals surface area (Å²) in [5, 5.41) is 5.75. The van der Waals surface area contributed by atoms with Gasteiger partial charge in [-0.2, -0.15) is 0 Å². The molecular formula is C16H25F2N3O3S. The minimum atomic E-state index is -3.61. The van der Waals surface area contributed by atoms with E-state index in [4.69, 9.17) is 0 Å². The molecule has 0 heterocycles. The molecule has 142 valence electrons. The molecule has 1 saturated carbocycles. The van der Waals surface area contributed by atoms with Crippen LogP contribution in [0.15, 0.2) is 23.1 Å². The van der Waals surface area contributed by atoms with Crippen LogP contribution >= 0.6 is 0 Å². The minimum Gasteiger partial charge on any atom is -0.384 e. The van der Waals surface area contributed by atoms with Crippen LogP contribution in [0.25, 0.3) is 0 Å². The zero-order chi connectivity index (χ0) is 19.1. The van der Waals surface area contributed by atoms with Crippen molar-refractivity contribution in [1.82, 2.24) is 10.0 Å². The molecule has 0 aliphatic heterocycles. The first-order valence-electron chi connectivity index (χ1n) is 7.92. The molecule has 1 aliphatic rings. The molecule has 2 rings (SSSR count). The first-order valence-corrected chi connectivity index (χ1v) is 9.40. The van der Waals surface area contributed by atoms with Gasteiger partial charge in [0.05, 0.1) is 4.90 Å². The van der Waals surface area contributed by atoms with Gasteiger partial charge in [0.1, 0.15) is 0 Å². The smallest absolute Gasteiger partial charge is 0.248 e. The number of anilines is 1. The van der Waals surface area contributed by atoms with Crippen LogP contribution in [-0.4, -0.2) is 48.3 Å². The second-order valence-corrected chi connectivity index (χ2v) is 7.81. The Labute approximate surface area is 147 Å². The van der Waals surface area contributed by atoms with E-state index in [1.807, 2.05) is 14.1 Å². The first kappa shape index (κ1) is 21.5. The van der Waals surface area contributed by atoms with Gasteiger partial charge in [-0.3, -0.25) is 4.79 Å². The first-order chi connectivity index (χ1) is 11.7. The van der Waals surface area contributed by atoms with Gasteiger partial charge in [-0.15, -0.1) is 0 Å². The quantitative estimate of drug-likeness (QED) is 0.634. The number of hydrogen-bond donors (Lipinski definition) is 3. The van der Waals surface area contributed by atoms with Crippen LogP contribution in [0.1, 0.15) is 29.6 Å². The second-order valence-electron chi connectivity index (χ2n) is 5.92. The van der Waals surface area contributed by atoms with Crippen molar-refractivity contribution in [3.63, 3.8) is 0 Å². The van der Waals surface area contributed by atoms with Gasteiger partial charge in [0.25, 0.3) is 0 Å². The summed E-state index contributed by atoms with van der Waals surface area (Å²) in [6, 6.07) is 4.17. The van der Waals surface area contributed by atoms with Crippen LogP contribution < -0.4 is 15.4 Å². The summed E-state index contributed by atoms with van der Waals surface area (Å²) < 4.78 is 51.0. The Morgan fingerprint density at radius 2 is 1.84 bits per heavy atom. The molecule has 0 unspecified atom stereocenters. The zero-order valence-electron chi connectivity index (χ0n) is 14.6. The molecule has 25 heavy (non-hydrogen) atoms. The van der Waals surface area contributed by atoms with Gasteiger partial charge in [-0.1, -0.05) is 0 Å². The molecule has 0 saturated heterocycles. The number of carbonyl (C=O) groups is 1. The van der Waals surface area contributed by atoms with Crippen LogP contribution in [0.5, 0.6) is 0 Å². The lowest BCUT2D eigenvalue weighted by Gasteiger charge is -2.35.